The van der Waals surface area contributed by atoms with Crippen molar-refractivity contribution in [2.45, 2.75) is 13.8 Å². The lowest BCUT2D eigenvalue weighted by Gasteiger charge is -1.96. The summed E-state index contributed by atoms with van der Waals surface area (Å²) in [5.41, 5.74) is 6.86. The van der Waals surface area contributed by atoms with Crippen LogP contribution in [-0.4, -0.2) is 17.6 Å². The largest absolute Gasteiger partial charge is 0.439 e. The van der Waals surface area contributed by atoms with E-state index in [1.54, 1.807) is 6.92 Å². The third-order valence-electron chi connectivity index (χ3n) is 1.60. The molecule has 4 nitrogen and oxygen atoms in total. The minimum atomic E-state index is 0.505. The summed E-state index contributed by atoms with van der Waals surface area (Å²) in [4.78, 5) is 8.02. The number of aryl methyl sites for hydroxylation is 2. The van der Waals surface area contributed by atoms with E-state index in [9.17, 15) is 0 Å². The average molecular weight is 211 g/mol. The van der Waals surface area contributed by atoms with Crippen molar-refractivity contribution in [2.24, 2.45) is 10.7 Å². The summed E-state index contributed by atoms with van der Waals surface area (Å²) in [7, 11) is 0. The van der Waals surface area contributed by atoms with E-state index in [-0.39, 0.29) is 0 Å². The van der Waals surface area contributed by atoms with Crippen molar-refractivity contribution in [1.29, 1.82) is 0 Å². The van der Waals surface area contributed by atoms with E-state index >= 15 is 0 Å². The third kappa shape index (κ3) is 2.46. The molecule has 1 heterocycles. The molecule has 5 heteroatoms. The molecule has 0 aliphatic heterocycles. The van der Waals surface area contributed by atoms with Crippen molar-refractivity contribution in [1.82, 2.24) is 4.98 Å². The lowest BCUT2D eigenvalue weighted by atomic mass is 10.3. The van der Waals surface area contributed by atoms with Crippen LogP contribution < -0.4 is 5.73 Å². The molecule has 2 N–H and O–H groups in total. The van der Waals surface area contributed by atoms with Gasteiger partial charge in [0.2, 0.25) is 0 Å². The second kappa shape index (κ2) is 4.97. The van der Waals surface area contributed by atoms with Gasteiger partial charge in [0, 0.05) is 18.2 Å². The minimum absolute atomic E-state index is 0.505. The molecule has 14 heavy (non-hydrogen) atoms. The zero-order valence-electron chi connectivity index (χ0n) is 8.28. The van der Waals surface area contributed by atoms with Gasteiger partial charge in [0.05, 0.1) is 5.69 Å². The molecule has 0 amide bonds. The molecule has 0 spiro atoms. The number of aromatic nitrogens is 1. The van der Waals surface area contributed by atoms with Crippen LogP contribution in [-0.2, 0) is 0 Å². The Hall–Kier alpha value is -1.07. The molecule has 0 saturated heterocycles. The van der Waals surface area contributed by atoms with E-state index in [0.29, 0.717) is 23.2 Å². The van der Waals surface area contributed by atoms with Crippen molar-refractivity contribution in [2.75, 3.05) is 5.88 Å². The van der Waals surface area contributed by atoms with Crippen LogP contribution in [0.2, 0.25) is 0 Å². The number of oxazole rings is 1. The fraction of sp³-hybridized carbons (Fsp3) is 0.333. The van der Waals surface area contributed by atoms with Gasteiger partial charge in [0.1, 0.15) is 5.70 Å². The van der Waals surface area contributed by atoms with Crippen LogP contribution in [0, 0.1) is 13.8 Å². The molecule has 0 saturated carbocycles. The number of rotatable bonds is 4. The van der Waals surface area contributed by atoms with Crippen LogP contribution in [0.1, 0.15) is 17.3 Å². The molecule has 0 aliphatic carbocycles. The highest BCUT2D eigenvalue weighted by Crippen LogP contribution is 2.23. The van der Waals surface area contributed by atoms with Crippen molar-refractivity contribution in [3.8, 4) is 0 Å². The van der Waals surface area contributed by atoms with Gasteiger partial charge in [-0.1, -0.05) is 0 Å². The highest BCUT2D eigenvalue weighted by atomic mass is 32.2. The molecule has 0 fully saturated rings. The molecule has 0 radical (unpaired) electrons. The topological polar surface area (TPSA) is 64.4 Å². The van der Waals surface area contributed by atoms with E-state index in [4.69, 9.17) is 10.2 Å². The number of nitrogens with zero attached hydrogens (tertiary/aromatic N) is 2. The summed E-state index contributed by atoms with van der Waals surface area (Å²) in [5.74, 6) is 1.80. The summed E-state index contributed by atoms with van der Waals surface area (Å²) in [6.07, 6.45) is 0. The maximum Gasteiger partial charge on any atom is 0.192 e. The molecule has 0 atom stereocenters. The fourth-order valence-corrected chi connectivity index (χ4v) is 1.49. The van der Waals surface area contributed by atoms with Gasteiger partial charge in [-0.05, 0) is 13.6 Å². The minimum Gasteiger partial charge on any atom is -0.439 e. The Balaban J connectivity index is 3.00. The van der Waals surface area contributed by atoms with Crippen LogP contribution >= 0.6 is 11.8 Å². The van der Waals surface area contributed by atoms with Gasteiger partial charge in [0.15, 0.2) is 11.7 Å². The molecule has 0 unspecified atom stereocenters. The van der Waals surface area contributed by atoms with Gasteiger partial charge >= 0.3 is 0 Å². The number of hydrogen-bond donors (Lipinski definition) is 1. The van der Waals surface area contributed by atoms with Crippen LogP contribution in [0.5, 0.6) is 0 Å². The maximum absolute atomic E-state index is 5.40. The average Bonchev–Trinajstić information content (AvgIpc) is 2.47. The van der Waals surface area contributed by atoms with Gasteiger partial charge in [-0.3, -0.25) is 4.99 Å². The number of hydrogen-bond acceptors (Lipinski definition) is 5. The van der Waals surface area contributed by atoms with Gasteiger partial charge < -0.3 is 10.2 Å². The molecule has 0 aliphatic rings. The molecule has 1 rings (SSSR count). The quantitative estimate of drug-likeness (QED) is 0.610. The Morgan fingerprint density at radius 2 is 2.43 bits per heavy atom. The number of nitrogens with two attached hydrogens (primary N) is 1. The molecule has 1 aromatic heterocycles. The SMILES string of the molecule is C=N/C(=C\SCN)c1oc(C)nc1C. The second-order valence-corrected chi connectivity index (χ2v) is 3.54. The van der Waals surface area contributed by atoms with Crippen molar-refractivity contribution in [3.05, 3.63) is 22.8 Å². The number of thioether (sulfide) groups is 1. The van der Waals surface area contributed by atoms with E-state index in [1.165, 1.54) is 11.8 Å². The maximum atomic E-state index is 5.40. The van der Waals surface area contributed by atoms with Crippen molar-refractivity contribution < 1.29 is 4.42 Å². The first kappa shape index (κ1) is 11.0. The second-order valence-electron chi connectivity index (χ2n) is 2.64. The van der Waals surface area contributed by atoms with E-state index < -0.39 is 0 Å². The van der Waals surface area contributed by atoms with Crippen LogP contribution in [0.3, 0.4) is 0 Å². The van der Waals surface area contributed by atoms with Crippen LogP contribution in [0.4, 0.5) is 0 Å². The van der Waals surface area contributed by atoms with Gasteiger partial charge in [-0.25, -0.2) is 4.98 Å². The van der Waals surface area contributed by atoms with Crippen molar-refractivity contribution in [3.63, 3.8) is 0 Å². The zero-order chi connectivity index (χ0) is 10.6. The monoisotopic (exact) mass is 211 g/mol. The lowest BCUT2D eigenvalue weighted by Crippen LogP contribution is -1.90. The third-order valence-corrected chi connectivity index (χ3v) is 2.18. The summed E-state index contributed by atoms with van der Waals surface area (Å²) in [6.45, 7) is 7.15. The predicted molar refractivity (Wildman–Crippen MR) is 60.1 cm³/mol. The molecule has 1 aromatic rings. The zero-order valence-corrected chi connectivity index (χ0v) is 9.10. The van der Waals surface area contributed by atoms with E-state index in [1.807, 2.05) is 12.3 Å². The first-order valence-corrected chi connectivity index (χ1v) is 5.17. The van der Waals surface area contributed by atoms with Crippen LogP contribution in [0.25, 0.3) is 5.70 Å². The first-order chi connectivity index (χ1) is 6.69. The summed E-state index contributed by atoms with van der Waals surface area (Å²) >= 11 is 1.45. The normalized spacial score (nSPS) is 11.8. The Kier molecular flexibility index (Phi) is 3.91. The van der Waals surface area contributed by atoms with Crippen LogP contribution in [0.15, 0.2) is 14.8 Å². The fourth-order valence-electron chi connectivity index (χ4n) is 1.06. The number of aliphatic imine (C=N–C) groups is 1. The highest BCUT2D eigenvalue weighted by molar-refractivity contribution is 8.02. The summed E-state index contributed by atoms with van der Waals surface area (Å²) in [5, 5.41) is 1.82. The highest BCUT2D eigenvalue weighted by Gasteiger charge is 2.10. The van der Waals surface area contributed by atoms with Gasteiger partial charge in [0.25, 0.3) is 0 Å². The first-order valence-electron chi connectivity index (χ1n) is 4.12. The Bertz CT molecular complexity index is 357. The van der Waals surface area contributed by atoms with E-state index in [2.05, 4.69) is 16.7 Å². The molecule has 0 aromatic carbocycles. The smallest absolute Gasteiger partial charge is 0.192 e. The van der Waals surface area contributed by atoms with Crippen molar-refractivity contribution >= 4 is 24.2 Å². The van der Waals surface area contributed by atoms with Gasteiger partial charge in [-0.15, -0.1) is 11.8 Å². The van der Waals surface area contributed by atoms with E-state index in [0.717, 1.165) is 5.69 Å². The summed E-state index contributed by atoms with van der Waals surface area (Å²) in [6, 6.07) is 0. The Morgan fingerprint density at radius 1 is 1.71 bits per heavy atom. The molecule has 76 valence electrons. The molecular weight excluding hydrogens is 198 g/mol. The standard InChI is InChI=1S/C9H13N3OS/c1-6-9(13-7(2)12-6)8(11-3)4-14-5-10/h4H,3,5,10H2,1-2H3/b8-4-. The summed E-state index contributed by atoms with van der Waals surface area (Å²) < 4.78 is 5.40. The molecule has 0 bridgehead atoms. The molecular formula is C9H13N3OS. The Labute approximate surface area is 87.3 Å². The van der Waals surface area contributed by atoms with Gasteiger partial charge in [-0.2, -0.15) is 0 Å². The predicted octanol–water partition coefficient (Wildman–Crippen LogP) is 1.94. The lowest BCUT2D eigenvalue weighted by molar-refractivity contribution is 0.508. The Morgan fingerprint density at radius 3 is 2.86 bits per heavy atom.